The van der Waals surface area contributed by atoms with Gasteiger partial charge in [0, 0.05) is 43.8 Å². The number of anilines is 3. The molecule has 0 spiro atoms. The molecule has 172 valence electrons. The van der Waals surface area contributed by atoms with E-state index in [4.69, 9.17) is 33.8 Å². The van der Waals surface area contributed by atoms with Gasteiger partial charge in [0.25, 0.3) is 0 Å². The summed E-state index contributed by atoms with van der Waals surface area (Å²) in [6, 6.07) is 9.91. The fourth-order valence-electron chi connectivity index (χ4n) is 4.43. The van der Waals surface area contributed by atoms with Crippen LogP contribution >= 0.6 is 23.8 Å². The summed E-state index contributed by atoms with van der Waals surface area (Å²) < 4.78 is 0. The van der Waals surface area contributed by atoms with E-state index in [0.717, 1.165) is 48.4 Å². The quantitative estimate of drug-likeness (QED) is 0.577. The molecule has 2 aliphatic rings. The van der Waals surface area contributed by atoms with Crippen molar-refractivity contribution < 1.29 is 0 Å². The van der Waals surface area contributed by atoms with Gasteiger partial charge in [0.15, 0.2) is 5.11 Å². The van der Waals surface area contributed by atoms with Crippen LogP contribution in [0.5, 0.6) is 0 Å². The maximum atomic E-state index is 5.98. The maximum Gasteiger partial charge on any atom is 0.232 e. The molecule has 0 aliphatic carbocycles. The first kappa shape index (κ1) is 23.1. The van der Waals surface area contributed by atoms with Crippen molar-refractivity contribution in [1.29, 1.82) is 0 Å². The Morgan fingerprint density at radius 3 is 2.34 bits per heavy atom. The first-order valence-corrected chi connectivity index (χ1v) is 12.5. The Bertz CT molecular complexity index is 878. The Morgan fingerprint density at radius 1 is 1.00 bits per heavy atom. The molecule has 6 nitrogen and oxygen atoms in total. The van der Waals surface area contributed by atoms with E-state index in [9.17, 15) is 0 Å². The van der Waals surface area contributed by atoms with Crippen LogP contribution in [0.15, 0.2) is 30.3 Å². The number of nitrogens with zero attached hydrogens (tertiary/aromatic N) is 4. The topological polar surface area (TPSA) is 56.3 Å². The van der Waals surface area contributed by atoms with Gasteiger partial charge in [-0.05, 0) is 61.5 Å². The summed E-state index contributed by atoms with van der Waals surface area (Å²) in [5.74, 6) is 3.24. The van der Waals surface area contributed by atoms with E-state index in [2.05, 4.69) is 33.4 Å². The maximum absolute atomic E-state index is 5.98. The molecule has 1 aromatic heterocycles. The van der Waals surface area contributed by atoms with E-state index in [-0.39, 0.29) is 0 Å². The van der Waals surface area contributed by atoms with Gasteiger partial charge in [-0.2, -0.15) is 9.97 Å². The molecule has 0 radical (unpaired) electrons. The molecule has 3 heterocycles. The molecular formula is C24H33ClN6S. The van der Waals surface area contributed by atoms with Crippen molar-refractivity contribution in [3.63, 3.8) is 0 Å². The average molecular weight is 473 g/mol. The molecule has 0 saturated carbocycles. The number of benzene rings is 1. The molecule has 4 rings (SSSR count). The third-order valence-electron chi connectivity index (χ3n) is 6.20. The smallest absolute Gasteiger partial charge is 0.232 e. The first-order chi connectivity index (χ1) is 15.6. The predicted molar refractivity (Wildman–Crippen MR) is 138 cm³/mol. The summed E-state index contributed by atoms with van der Waals surface area (Å²) in [6.45, 7) is 7.11. The minimum absolute atomic E-state index is 0.519. The van der Waals surface area contributed by atoms with Gasteiger partial charge in [-0.1, -0.05) is 43.5 Å². The molecule has 2 N–H and O–H groups in total. The van der Waals surface area contributed by atoms with Gasteiger partial charge < -0.3 is 20.4 Å². The Labute approximate surface area is 201 Å². The molecule has 2 saturated heterocycles. The summed E-state index contributed by atoms with van der Waals surface area (Å²) in [4.78, 5) is 14.5. The Balaban J connectivity index is 1.49. The summed E-state index contributed by atoms with van der Waals surface area (Å²) >= 11 is 11.5. The van der Waals surface area contributed by atoms with Crippen LogP contribution in [0.25, 0.3) is 0 Å². The third kappa shape index (κ3) is 6.45. The Kier molecular flexibility index (Phi) is 8.03. The van der Waals surface area contributed by atoms with Gasteiger partial charge >= 0.3 is 0 Å². The fourth-order valence-corrected chi connectivity index (χ4v) is 4.72. The highest BCUT2D eigenvalue weighted by atomic mass is 35.5. The van der Waals surface area contributed by atoms with Gasteiger partial charge in [-0.3, -0.25) is 0 Å². The zero-order chi connectivity index (χ0) is 22.3. The molecule has 1 aromatic carbocycles. The van der Waals surface area contributed by atoms with Crippen molar-refractivity contribution in [3.05, 3.63) is 40.9 Å². The van der Waals surface area contributed by atoms with E-state index < -0.39 is 0 Å². The zero-order valence-corrected chi connectivity index (χ0v) is 20.4. The second-order valence-electron chi connectivity index (χ2n) is 8.94. The number of nitrogens with one attached hydrogen (secondary N) is 2. The van der Waals surface area contributed by atoms with Crippen LogP contribution in [0.1, 0.15) is 51.0 Å². The highest BCUT2D eigenvalue weighted by Gasteiger charge is 2.21. The van der Waals surface area contributed by atoms with E-state index >= 15 is 0 Å². The summed E-state index contributed by atoms with van der Waals surface area (Å²) in [6.07, 6.45) is 7.50. The number of halogens is 1. The minimum atomic E-state index is 0.519. The van der Waals surface area contributed by atoms with Gasteiger partial charge in [-0.15, -0.1) is 0 Å². The van der Waals surface area contributed by atoms with Crippen LogP contribution in [0.4, 0.5) is 17.6 Å². The highest BCUT2D eigenvalue weighted by Crippen LogP contribution is 2.27. The number of rotatable bonds is 5. The lowest BCUT2D eigenvalue weighted by Crippen LogP contribution is -2.36. The number of aromatic nitrogens is 2. The van der Waals surface area contributed by atoms with Gasteiger partial charge in [-0.25, -0.2) is 0 Å². The zero-order valence-electron chi connectivity index (χ0n) is 18.8. The van der Waals surface area contributed by atoms with Gasteiger partial charge in [0.05, 0.1) is 0 Å². The van der Waals surface area contributed by atoms with E-state index in [1.165, 1.54) is 38.5 Å². The van der Waals surface area contributed by atoms with Crippen molar-refractivity contribution in [2.45, 2.75) is 52.0 Å². The molecule has 2 fully saturated rings. The largest absolute Gasteiger partial charge is 0.358 e. The Morgan fingerprint density at radius 2 is 1.66 bits per heavy atom. The van der Waals surface area contributed by atoms with Crippen LogP contribution in [-0.4, -0.2) is 41.3 Å². The lowest BCUT2D eigenvalue weighted by Gasteiger charge is -2.33. The standard InChI is InChI=1S/C24H33ClN6S/c1-18-7-6-14-31(17-18)22-15-21(30-12-4-2-3-5-13-30)27-23(28-22)29-24(32)26-16-19-8-10-20(25)11-9-19/h8-11,15,18H,2-7,12-14,16-17H2,1H3,(H2,26,27,28,29,32)/t18-/m0/s1. The van der Waals surface area contributed by atoms with Gasteiger partial charge in [0.1, 0.15) is 11.6 Å². The van der Waals surface area contributed by atoms with Crippen LogP contribution < -0.4 is 20.4 Å². The monoisotopic (exact) mass is 472 g/mol. The van der Waals surface area contributed by atoms with E-state index in [1.54, 1.807) is 0 Å². The van der Waals surface area contributed by atoms with Crippen LogP contribution in [-0.2, 0) is 6.54 Å². The summed E-state index contributed by atoms with van der Waals surface area (Å²) in [5.41, 5.74) is 1.11. The van der Waals surface area contributed by atoms with Crippen molar-refractivity contribution in [2.24, 2.45) is 5.92 Å². The number of piperidine rings is 1. The van der Waals surface area contributed by atoms with E-state index in [0.29, 0.717) is 23.5 Å². The minimum Gasteiger partial charge on any atom is -0.358 e. The number of hydrogen-bond acceptors (Lipinski definition) is 5. The lowest BCUT2D eigenvalue weighted by atomic mass is 10.0. The van der Waals surface area contributed by atoms with E-state index in [1.807, 2.05) is 24.3 Å². The third-order valence-corrected chi connectivity index (χ3v) is 6.70. The summed E-state index contributed by atoms with van der Waals surface area (Å²) in [7, 11) is 0. The molecule has 8 heteroatoms. The second kappa shape index (κ2) is 11.1. The van der Waals surface area contributed by atoms with Crippen molar-refractivity contribution in [2.75, 3.05) is 41.3 Å². The highest BCUT2D eigenvalue weighted by molar-refractivity contribution is 7.80. The van der Waals surface area contributed by atoms with Crippen LogP contribution in [0, 0.1) is 5.92 Å². The molecule has 0 bridgehead atoms. The molecular weight excluding hydrogens is 440 g/mol. The fraction of sp³-hybridized carbons (Fsp3) is 0.542. The SMILES string of the molecule is C[C@H]1CCCN(c2cc(N3CCCCCC3)nc(NC(=S)NCc3ccc(Cl)cc3)n2)C1. The lowest BCUT2D eigenvalue weighted by molar-refractivity contribution is 0.444. The molecule has 0 unspecified atom stereocenters. The average Bonchev–Trinajstić information content (AvgIpc) is 3.08. The van der Waals surface area contributed by atoms with Crippen LogP contribution in [0.3, 0.4) is 0 Å². The molecule has 1 atom stereocenters. The normalized spacial score (nSPS) is 19.4. The molecule has 0 amide bonds. The number of thiocarbonyl (C=S) groups is 1. The van der Waals surface area contributed by atoms with Crippen LogP contribution in [0.2, 0.25) is 5.02 Å². The first-order valence-electron chi connectivity index (χ1n) is 11.7. The number of hydrogen-bond donors (Lipinski definition) is 2. The van der Waals surface area contributed by atoms with Gasteiger partial charge in [0.2, 0.25) is 5.95 Å². The molecule has 2 aromatic rings. The Hall–Kier alpha value is -2.12. The summed E-state index contributed by atoms with van der Waals surface area (Å²) in [5, 5.41) is 7.73. The molecule has 32 heavy (non-hydrogen) atoms. The van der Waals surface area contributed by atoms with Crippen molar-refractivity contribution in [3.8, 4) is 0 Å². The predicted octanol–water partition coefficient (Wildman–Crippen LogP) is 5.23. The second-order valence-corrected chi connectivity index (χ2v) is 9.78. The molecule has 2 aliphatic heterocycles. The van der Waals surface area contributed by atoms with Crippen molar-refractivity contribution >= 4 is 46.5 Å². The van der Waals surface area contributed by atoms with Crippen molar-refractivity contribution in [1.82, 2.24) is 15.3 Å².